The van der Waals surface area contributed by atoms with Gasteiger partial charge in [0.25, 0.3) is 0 Å². The molecule has 28 heteroatoms. The number of halogens is 6. The maximum absolute atomic E-state index is 13.8. The second kappa shape index (κ2) is 34.3. The van der Waals surface area contributed by atoms with Gasteiger partial charge in [-0.25, -0.2) is 0 Å². The van der Waals surface area contributed by atoms with Gasteiger partial charge in [0.2, 0.25) is 0 Å². The fourth-order valence-electron chi connectivity index (χ4n) is 5.64. The Morgan fingerprint density at radius 2 is 0.651 bits per heavy atom. The lowest BCUT2D eigenvalue weighted by atomic mass is 10.2. The van der Waals surface area contributed by atoms with E-state index in [-0.39, 0.29) is 75.3 Å². The van der Waals surface area contributed by atoms with Crippen LogP contribution in [0.3, 0.4) is 0 Å². The number of alkyl halides is 6. The number of hydrogen-bond acceptors (Lipinski definition) is 12. The summed E-state index contributed by atoms with van der Waals surface area (Å²) in [5.41, 5.74) is 43.3. The third-order valence-corrected chi connectivity index (χ3v) is 12.5. The largest absolute Gasteiger partial charge is 0.389 e. The highest BCUT2D eigenvalue weighted by molar-refractivity contribution is 7.54. The molecule has 63 heavy (non-hydrogen) atoms. The molecule has 0 aliphatic heterocycles. The Morgan fingerprint density at radius 3 is 0.905 bits per heavy atom. The molecule has 0 bridgehead atoms. The lowest BCUT2D eigenvalue weighted by Gasteiger charge is -2.25. The minimum atomic E-state index is -4.39. The monoisotopic (exact) mass is 963 g/mol. The molecule has 0 saturated heterocycles. The van der Waals surface area contributed by atoms with E-state index in [1.807, 2.05) is 9.80 Å². The summed E-state index contributed by atoms with van der Waals surface area (Å²) in [5.74, 6) is -0.217. The number of rotatable bonds is 40. The molecule has 0 saturated carbocycles. The van der Waals surface area contributed by atoms with E-state index < -0.39 is 53.6 Å². The quantitative estimate of drug-likeness (QED) is 0.0144. The van der Waals surface area contributed by atoms with Crippen LogP contribution in [0, 0.1) is 0 Å². The van der Waals surface area contributed by atoms with Crippen LogP contribution in [0.5, 0.6) is 0 Å². The molecule has 0 heterocycles. The van der Waals surface area contributed by atoms with Gasteiger partial charge in [-0.3, -0.25) is 29.1 Å². The zero-order valence-electron chi connectivity index (χ0n) is 36.4. The minimum absolute atomic E-state index is 0.0252. The Kier molecular flexibility index (Phi) is 32.6. The molecule has 0 aromatic rings. The predicted molar refractivity (Wildman–Crippen MR) is 236 cm³/mol. The van der Waals surface area contributed by atoms with Crippen molar-refractivity contribution in [2.45, 2.75) is 95.8 Å². The normalized spacial score (nSPS) is 14.0. The highest BCUT2D eigenvalue weighted by Crippen LogP contribution is 2.49. The molecule has 20 nitrogen and oxygen atoms in total. The van der Waals surface area contributed by atoms with Gasteiger partial charge in [-0.15, -0.1) is 0 Å². The molecule has 0 aliphatic carbocycles. The summed E-state index contributed by atoms with van der Waals surface area (Å²) in [6.45, 7) is 3.19. The molecule has 0 radical (unpaired) electrons. The molecule has 0 rings (SSSR count). The van der Waals surface area contributed by atoms with Gasteiger partial charge in [-0.2, -0.15) is 26.3 Å². The fourth-order valence-corrected chi connectivity index (χ4v) is 8.99. The Balaban J connectivity index is 5.32. The van der Waals surface area contributed by atoms with Crippen molar-refractivity contribution in [3.63, 3.8) is 0 Å². The summed E-state index contributed by atoms with van der Waals surface area (Å²) in [6, 6.07) is 0. The van der Waals surface area contributed by atoms with Crippen molar-refractivity contribution in [3.8, 4) is 0 Å². The van der Waals surface area contributed by atoms with E-state index >= 15 is 0 Å². The number of nitrogens with zero attached hydrogens (tertiary/aromatic N) is 6. The molecular weight excluding hydrogens is 888 g/mol. The van der Waals surface area contributed by atoms with E-state index in [1.165, 1.54) is 0 Å². The van der Waals surface area contributed by atoms with Gasteiger partial charge >= 0.3 is 27.5 Å². The molecule has 372 valence electrons. The Hall–Kier alpha value is -3.12. The number of nitrogens with two attached hydrogens (primary N) is 8. The first kappa shape index (κ1) is 59.9. The standard InChI is InChI=1S/C35H74F6N14O6P2/c36-34(37,38)12-6-26-60-62(56,28-22-54(18-8-14-50-30(42)43)19-9-15-51-31(44)45)58-24-4-2-1-3-5-25-59-63(57,61-27-7-13-35(39,40)41)29-23-55(20-10-16-52-32(46)47)21-11-17-53-33(48)49/h1-29H2,(H4,42,43,50)(H4,44,45,51)(H4,46,47,52)(H4,48,49,53). The van der Waals surface area contributed by atoms with Crippen LogP contribution in [0.1, 0.15) is 83.5 Å². The first-order valence-electron chi connectivity index (χ1n) is 21.1. The molecular formula is C35H74F6N14O6P2. The number of aliphatic imine (C=N–C) groups is 4. The van der Waals surface area contributed by atoms with Crippen molar-refractivity contribution in [1.29, 1.82) is 0 Å². The molecule has 0 aromatic carbocycles. The summed E-state index contributed by atoms with van der Waals surface area (Å²) < 4.78 is 127. The molecule has 0 spiro atoms. The minimum Gasteiger partial charge on any atom is -0.370 e. The van der Waals surface area contributed by atoms with Crippen LogP contribution < -0.4 is 45.9 Å². The van der Waals surface area contributed by atoms with Crippen molar-refractivity contribution in [3.05, 3.63) is 0 Å². The number of guanidine groups is 4. The van der Waals surface area contributed by atoms with Crippen LogP contribution in [0.2, 0.25) is 0 Å². The van der Waals surface area contributed by atoms with Gasteiger partial charge in [-0.05, 0) is 77.5 Å². The lowest BCUT2D eigenvalue weighted by Crippen LogP contribution is -2.31. The lowest BCUT2D eigenvalue weighted by molar-refractivity contribution is -0.137. The van der Waals surface area contributed by atoms with Crippen molar-refractivity contribution in [2.75, 3.05) is 104 Å². The average molecular weight is 963 g/mol. The maximum atomic E-state index is 13.8. The van der Waals surface area contributed by atoms with Crippen molar-refractivity contribution in [2.24, 2.45) is 65.8 Å². The molecule has 0 aliphatic rings. The summed E-state index contributed by atoms with van der Waals surface area (Å²) in [6.07, 6.45) is -6.80. The zero-order chi connectivity index (χ0) is 47.6. The van der Waals surface area contributed by atoms with Crippen LogP contribution in [-0.4, -0.2) is 150 Å². The van der Waals surface area contributed by atoms with Crippen LogP contribution in [0.15, 0.2) is 20.0 Å². The van der Waals surface area contributed by atoms with E-state index in [4.69, 9.17) is 64.0 Å². The fraction of sp³-hybridized carbons (Fsp3) is 0.886. The zero-order valence-corrected chi connectivity index (χ0v) is 38.2. The van der Waals surface area contributed by atoms with Gasteiger partial charge in [-0.1, -0.05) is 19.3 Å². The second-order valence-electron chi connectivity index (χ2n) is 14.5. The van der Waals surface area contributed by atoms with Crippen molar-refractivity contribution >= 4 is 39.0 Å². The molecule has 16 N–H and O–H groups in total. The topological polar surface area (TPSA) is 335 Å². The Bertz CT molecular complexity index is 1270. The predicted octanol–water partition coefficient (Wildman–Crippen LogP) is 3.33. The highest BCUT2D eigenvalue weighted by Gasteiger charge is 2.31. The molecule has 0 fully saturated rings. The van der Waals surface area contributed by atoms with Crippen LogP contribution in [-0.2, 0) is 27.2 Å². The first-order chi connectivity index (χ1) is 29.5. The second-order valence-corrected chi connectivity index (χ2v) is 18.9. The van der Waals surface area contributed by atoms with Gasteiger partial charge in [0, 0.05) is 52.1 Å². The van der Waals surface area contributed by atoms with Crippen molar-refractivity contribution < 1.29 is 53.6 Å². The molecule has 2 atom stereocenters. The maximum Gasteiger partial charge on any atom is 0.389 e. The smallest absolute Gasteiger partial charge is 0.370 e. The Morgan fingerprint density at radius 1 is 0.397 bits per heavy atom. The summed E-state index contributed by atoms with van der Waals surface area (Å²) in [7, 11) is -7.63. The van der Waals surface area contributed by atoms with Gasteiger partial charge in [0.1, 0.15) is 0 Å². The summed E-state index contributed by atoms with van der Waals surface area (Å²) in [5, 5.41) is 0. The van der Waals surface area contributed by atoms with E-state index in [1.54, 1.807) is 0 Å². The Labute approximate surface area is 367 Å². The number of unbranched alkanes of at least 4 members (excludes halogenated alkanes) is 4. The van der Waals surface area contributed by atoms with E-state index in [9.17, 15) is 35.5 Å². The third kappa shape index (κ3) is 40.2. The molecule has 2 unspecified atom stereocenters. The summed E-state index contributed by atoms with van der Waals surface area (Å²) in [4.78, 5) is 19.8. The van der Waals surface area contributed by atoms with E-state index in [0.717, 1.165) is 0 Å². The number of hydrogen-bond donors (Lipinski definition) is 8. The van der Waals surface area contributed by atoms with Gasteiger partial charge < -0.3 is 73.8 Å². The molecule has 0 aromatic heterocycles. The van der Waals surface area contributed by atoms with E-state index in [0.29, 0.717) is 110 Å². The average Bonchev–Trinajstić information content (AvgIpc) is 3.17. The molecule has 0 amide bonds. The van der Waals surface area contributed by atoms with E-state index in [2.05, 4.69) is 20.0 Å². The van der Waals surface area contributed by atoms with Crippen LogP contribution >= 0.6 is 15.2 Å². The van der Waals surface area contributed by atoms with Gasteiger partial charge in [0.05, 0.1) is 38.8 Å². The highest BCUT2D eigenvalue weighted by atomic mass is 31.2. The third-order valence-electron chi connectivity index (χ3n) is 8.74. The van der Waals surface area contributed by atoms with Crippen molar-refractivity contribution in [1.82, 2.24) is 9.80 Å². The first-order valence-corrected chi connectivity index (χ1v) is 24.5. The van der Waals surface area contributed by atoms with Crippen LogP contribution in [0.4, 0.5) is 26.3 Å². The van der Waals surface area contributed by atoms with Gasteiger partial charge in [0.15, 0.2) is 23.8 Å². The van der Waals surface area contributed by atoms with Crippen LogP contribution in [0.25, 0.3) is 0 Å². The SMILES string of the molecule is NC(N)=NCCCN(CCCN=C(N)N)CCP(=O)(OCCCCCCCOP(=O)(CCN(CCCN=C(N)N)CCCN=C(N)N)OCCCC(F)(F)F)OCCCC(F)(F)F. The summed E-state index contributed by atoms with van der Waals surface area (Å²) >= 11 is 0.